The first-order chi connectivity index (χ1) is 8.16. The van der Waals surface area contributed by atoms with Gasteiger partial charge in [-0.25, -0.2) is 0 Å². The summed E-state index contributed by atoms with van der Waals surface area (Å²) in [6, 6.07) is 5.71. The first-order valence-corrected chi connectivity index (χ1v) is 6.54. The summed E-state index contributed by atoms with van der Waals surface area (Å²) in [5, 5.41) is 9.46. The van der Waals surface area contributed by atoms with Crippen LogP contribution in [0.25, 0.3) is 0 Å². The van der Waals surface area contributed by atoms with Gasteiger partial charge in [0.15, 0.2) is 0 Å². The van der Waals surface area contributed by atoms with E-state index in [2.05, 4.69) is 0 Å². The zero-order chi connectivity index (χ0) is 12.3. The van der Waals surface area contributed by atoms with Crippen LogP contribution in [0.4, 0.5) is 0 Å². The van der Waals surface area contributed by atoms with Crippen LogP contribution >= 0.6 is 11.6 Å². The highest BCUT2D eigenvalue weighted by Crippen LogP contribution is 2.36. The van der Waals surface area contributed by atoms with Gasteiger partial charge in [-0.15, -0.1) is 0 Å². The maximum atomic E-state index is 10.6. The maximum Gasteiger partial charge on any atom is 0.307 e. The van der Waals surface area contributed by atoms with E-state index in [-0.39, 0.29) is 13.8 Å². The fraction of sp³-hybridized carbons (Fsp3) is 0.533. The SMILES string of the molecule is C.O=C(O)Cc1ccc(C2CCCCC2)c(Cl)c1. The summed E-state index contributed by atoms with van der Waals surface area (Å²) in [5.74, 6) is -0.249. The first-order valence-electron chi connectivity index (χ1n) is 6.17. The zero-order valence-electron chi connectivity index (χ0n) is 9.79. The quantitative estimate of drug-likeness (QED) is 0.866. The lowest BCUT2D eigenvalue weighted by atomic mass is 9.84. The summed E-state index contributed by atoms with van der Waals surface area (Å²) in [5.41, 5.74) is 1.97. The first kappa shape index (κ1) is 15.0. The Kier molecular flexibility index (Phi) is 5.67. The molecule has 1 N–H and O–H groups in total. The molecule has 0 amide bonds. The van der Waals surface area contributed by atoms with Crippen LogP contribution in [0.15, 0.2) is 18.2 Å². The molecule has 0 spiro atoms. The standard InChI is InChI=1S/C14H17ClO2.CH4/c15-13-8-10(9-14(16)17)6-7-12(13)11-4-2-1-3-5-11;/h6-8,11H,1-5,9H2,(H,16,17);1H4. The Balaban J connectivity index is 0.00000162. The van der Waals surface area contributed by atoms with Gasteiger partial charge in [0.2, 0.25) is 0 Å². The molecule has 3 heteroatoms. The van der Waals surface area contributed by atoms with Gasteiger partial charge in [-0.2, -0.15) is 0 Å². The van der Waals surface area contributed by atoms with Crippen molar-refractivity contribution in [1.29, 1.82) is 0 Å². The van der Waals surface area contributed by atoms with Crippen molar-refractivity contribution in [2.45, 2.75) is 51.9 Å². The number of hydrogen-bond donors (Lipinski definition) is 1. The summed E-state index contributed by atoms with van der Waals surface area (Å²) < 4.78 is 0. The average Bonchev–Trinajstić information content (AvgIpc) is 2.29. The van der Waals surface area contributed by atoms with Gasteiger partial charge in [-0.1, -0.05) is 50.4 Å². The number of hydrogen-bond acceptors (Lipinski definition) is 1. The lowest BCUT2D eigenvalue weighted by Crippen LogP contribution is -2.06. The predicted molar refractivity (Wildman–Crippen MR) is 75.3 cm³/mol. The van der Waals surface area contributed by atoms with E-state index in [1.807, 2.05) is 12.1 Å². The molecule has 0 aromatic heterocycles. The van der Waals surface area contributed by atoms with E-state index in [0.29, 0.717) is 5.92 Å². The smallest absolute Gasteiger partial charge is 0.307 e. The number of aliphatic carboxylic acids is 1. The molecular formula is C15H21ClO2. The molecule has 0 bridgehead atoms. The van der Waals surface area contributed by atoms with Crippen molar-refractivity contribution in [2.75, 3.05) is 0 Å². The molecule has 1 aromatic rings. The summed E-state index contributed by atoms with van der Waals surface area (Å²) in [7, 11) is 0. The fourth-order valence-corrected chi connectivity index (χ4v) is 2.96. The highest BCUT2D eigenvalue weighted by molar-refractivity contribution is 6.31. The Morgan fingerprint density at radius 1 is 1.28 bits per heavy atom. The van der Waals surface area contributed by atoms with Gasteiger partial charge in [0.1, 0.15) is 0 Å². The molecule has 1 aliphatic rings. The van der Waals surface area contributed by atoms with Crippen LogP contribution in [0.1, 0.15) is 56.6 Å². The van der Waals surface area contributed by atoms with Gasteiger partial charge in [-0.3, -0.25) is 4.79 Å². The molecule has 2 nitrogen and oxygen atoms in total. The van der Waals surface area contributed by atoms with Gasteiger partial charge in [0, 0.05) is 5.02 Å². The van der Waals surface area contributed by atoms with Crippen molar-refractivity contribution in [1.82, 2.24) is 0 Å². The minimum Gasteiger partial charge on any atom is -0.481 e. The van der Waals surface area contributed by atoms with Gasteiger partial charge >= 0.3 is 5.97 Å². The second-order valence-corrected chi connectivity index (χ2v) is 5.17. The lowest BCUT2D eigenvalue weighted by Gasteiger charge is -2.23. The van der Waals surface area contributed by atoms with Gasteiger partial charge in [0.05, 0.1) is 6.42 Å². The van der Waals surface area contributed by atoms with E-state index >= 15 is 0 Å². The molecule has 0 aliphatic heterocycles. The van der Waals surface area contributed by atoms with Crippen LogP contribution in [-0.2, 0) is 11.2 Å². The predicted octanol–water partition coefficient (Wildman–Crippen LogP) is 4.65. The summed E-state index contributed by atoms with van der Waals surface area (Å²) in [6.45, 7) is 0. The summed E-state index contributed by atoms with van der Waals surface area (Å²) in [6.07, 6.45) is 6.33. The number of carboxylic acid groups (broad SMARTS) is 1. The van der Waals surface area contributed by atoms with E-state index in [0.717, 1.165) is 10.6 Å². The molecule has 0 unspecified atom stereocenters. The topological polar surface area (TPSA) is 37.3 Å². The van der Waals surface area contributed by atoms with Crippen LogP contribution in [0, 0.1) is 0 Å². The third-order valence-electron chi connectivity index (χ3n) is 3.47. The van der Waals surface area contributed by atoms with E-state index in [4.69, 9.17) is 16.7 Å². The number of benzene rings is 1. The Labute approximate surface area is 114 Å². The van der Waals surface area contributed by atoms with Crippen molar-refractivity contribution in [2.24, 2.45) is 0 Å². The number of carbonyl (C=O) groups is 1. The van der Waals surface area contributed by atoms with Crippen LogP contribution in [0.5, 0.6) is 0 Å². The largest absolute Gasteiger partial charge is 0.481 e. The van der Waals surface area contributed by atoms with E-state index in [1.165, 1.54) is 37.7 Å². The van der Waals surface area contributed by atoms with Crippen molar-refractivity contribution in [3.63, 3.8) is 0 Å². The maximum absolute atomic E-state index is 10.6. The third-order valence-corrected chi connectivity index (χ3v) is 3.79. The van der Waals surface area contributed by atoms with Gasteiger partial charge in [-0.05, 0) is 36.0 Å². The monoisotopic (exact) mass is 268 g/mol. The molecule has 100 valence electrons. The molecule has 0 radical (unpaired) electrons. The third kappa shape index (κ3) is 3.74. The number of halogens is 1. The van der Waals surface area contributed by atoms with E-state index in [9.17, 15) is 4.79 Å². The van der Waals surface area contributed by atoms with Crippen LogP contribution in [-0.4, -0.2) is 11.1 Å². The van der Waals surface area contributed by atoms with Crippen molar-refractivity contribution >= 4 is 17.6 Å². The molecule has 0 saturated heterocycles. The number of rotatable bonds is 3. The molecular weight excluding hydrogens is 248 g/mol. The molecule has 1 aliphatic carbocycles. The second kappa shape index (κ2) is 6.79. The molecule has 1 aromatic carbocycles. The molecule has 0 heterocycles. The normalized spacial score (nSPS) is 16.1. The van der Waals surface area contributed by atoms with Crippen LogP contribution < -0.4 is 0 Å². The molecule has 1 fully saturated rings. The highest BCUT2D eigenvalue weighted by Gasteiger charge is 2.18. The van der Waals surface area contributed by atoms with Gasteiger partial charge < -0.3 is 5.11 Å². The Morgan fingerprint density at radius 2 is 1.94 bits per heavy atom. The van der Waals surface area contributed by atoms with Crippen LogP contribution in [0.3, 0.4) is 0 Å². The Hall–Kier alpha value is -1.02. The number of carboxylic acids is 1. The van der Waals surface area contributed by atoms with Crippen molar-refractivity contribution < 1.29 is 9.90 Å². The molecule has 0 atom stereocenters. The average molecular weight is 269 g/mol. The summed E-state index contributed by atoms with van der Waals surface area (Å²) in [4.78, 5) is 10.6. The van der Waals surface area contributed by atoms with E-state index < -0.39 is 5.97 Å². The second-order valence-electron chi connectivity index (χ2n) is 4.76. The zero-order valence-corrected chi connectivity index (χ0v) is 10.5. The Bertz CT molecular complexity index is 409. The van der Waals surface area contributed by atoms with Crippen LogP contribution in [0.2, 0.25) is 5.02 Å². The summed E-state index contributed by atoms with van der Waals surface area (Å²) >= 11 is 6.25. The molecule has 18 heavy (non-hydrogen) atoms. The molecule has 2 rings (SSSR count). The molecule has 1 saturated carbocycles. The minimum atomic E-state index is -0.813. The van der Waals surface area contributed by atoms with Crippen molar-refractivity contribution in [3.05, 3.63) is 34.3 Å². The minimum absolute atomic E-state index is 0. The fourth-order valence-electron chi connectivity index (χ4n) is 2.60. The Morgan fingerprint density at radius 3 is 2.50 bits per heavy atom. The highest BCUT2D eigenvalue weighted by atomic mass is 35.5. The van der Waals surface area contributed by atoms with Crippen molar-refractivity contribution in [3.8, 4) is 0 Å². The van der Waals surface area contributed by atoms with Gasteiger partial charge in [0.25, 0.3) is 0 Å². The van der Waals surface area contributed by atoms with E-state index in [1.54, 1.807) is 6.07 Å². The lowest BCUT2D eigenvalue weighted by molar-refractivity contribution is -0.136.